The standard InChI is InChI=1S/C18H24N4O/c1-2-4-16-15(3-1)21-17(20-14-5-6-14)18(22-16)23-12-9-13-7-10-19-11-8-13/h1-4,13-14,19H,5-12H2,(H,20,21). The van der Waals surface area contributed by atoms with Crippen LogP contribution in [-0.2, 0) is 0 Å². The van der Waals surface area contributed by atoms with Gasteiger partial charge in [0.05, 0.1) is 17.6 Å². The van der Waals surface area contributed by atoms with Crippen LogP contribution in [0.15, 0.2) is 24.3 Å². The minimum absolute atomic E-state index is 0.539. The van der Waals surface area contributed by atoms with Gasteiger partial charge in [-0.15, -0.1) is 0 Å². The first-order chi connectivity index (χ1) is 11.4. The van der Waals surface area contributed by atoms with Crippen molar-refractivity contribution in [1.29, 1.82) is 0 Å². The zero-order valence-corrected chi connectivity index (χ0v) is 13.4. The summed E-state index contributed by atoms with van der Waals surface area (Å²) >= 11 is 0. The van der Waals surface area contributed by atoms with Crippen molar-refractivity contribution in [2.24, 2.45) is 5.92 Å². The first-order valence-electron chi connectivity index (χ1n) is 8.75. The van der Waals surface area contributed by atoms with Gasteiger partial charge in [0.1, 0.15) is 0 Å². The van der Waals surface area contributed by atoms with E-state index in [1.165, 1.54) is 25.7 Å². The monoisotopic (exact) mass is 312 g/mol. The van der Waals surface area contributed by atoms with Crippen molar-refractivity contribution in [3.63, 3.8) is 0 Å². The lowest BCUT2D eigenvalue weighted by atomic mass is 9.95. The summed E-state index contributed by atoms with van der Waals surface area (Å²) in [4.78, 5) is 9.39. The van der Waals surface area contributed by atoms with E-state index in [-0.39, 0.29) is 0 Å². The van der Waals surface area contributed by atoms with Crippen LogP contribution < -0.4 is 15.4 Å². The van der Waals surface area contributed by atoms with Gasteiger partial charge in [0.15, 0.2) is 5.82 Å². The van der Waals surface area contributed by atoms with Crippen molar-refractivity contribution in [3.05, 3.63) is 24.3 Å². The molecule has 0 amide bonds. The smallest absolute Gasteiger partial charge is 0.258 e. The summed E-state index contributed by atoms with van der Waals surface area (Å²) in [5, 5.41) is 6.86. The van der Waals surface area contributed by atoms with Crippen molar-refractivity contribution in [3.8, 4) is 5.88 Å². The van der Waals surface area contributed by atoms with E-state index in [9.17, 15) is 0 Å². The number of benzene rings is 1. The number of hydrogen-bond donors (Lipinski definition) is 2. The van der Waals surface area contributed by atoms with Gasteiger partial charge in [0.2, 0.25) is 0 Å². The number of ether oxygens (including phenoxy) is 1. The van der Waals surface area contributed by atoms with Gasteiger partial charge >= 0.3 is 0 Å². The molecule has 2 heterocycles. The van der Waals surface area contributed by atoms with Crippen LogP contribution in [0, 0.1) is 5.92 Å². The average Bonchev–Trinajstić information content (AvgIpc) is 3.40. The van der Waals surface area contributed by atoms with Gasteiger partial charge in [0.25, 0.3) is 5.88 Å². The van der Waals surface area contributed by atoms with Gasteiger partial charge in [-0.1, -0.05) is 12.1 Å². The van der Waals surface area contributed by atoms with E-state index in [1.54, 1.807) is 0 Å². The molecule has 0 radical (unpaired) electrons. The Kier molecular flexibility index (Phi) is 4.28. The quantitative estimate of drug-likeness (QED) is 0.859. The SMILES string of the molecule is c1ccc2nc(OCCC3CCNCC3)c(NC3CC3)nc2c1. The zero-order chi connectivity index (χ0) is 15.5. The molecule has 0 bridgehead atoms. The van der Waals surface area contributed by atoms with Gasteiger partial charge < -0.3 is 15.4 Å². The maximum atomic E-state index is 6.02. The topological polar surface area (TPSA) is 59.1 Å². The third-order valence-corrected chi connectivity index (χ3v) is 4.68. The lowest BCUT2D eigenvalue weighted by Gasteiger charge is -2.22. The molecule has 1 aliphatic carbocycles. The molecule has 1 saturated heterocycles. The van der Waals surface area contributed by atoms with Crippen LogP contribution in [0.25, 0.3) is 11.0 Å². The number of fused-ring (bicyclic) bond motifs is 1. The Hall–Kier alpha value is -1.88. The van der Waals surface area contributed by atoms with Gasteiger partial charge in [-0.05, 0) is 63.2 Å². The predicted octanol–water partition coefficient (Wildman–Crippen LogP) is 2.97. The molecule has 5 nitrogen and oxygen atoms in total. The highest BCUT2D eigenvalue weighted by Crippen LogP contribution is 2.30. The maximum absolute atomic E-state index is 6.02. The highest BCUT2D eigenvalue weighted by molar-refractivity contribution is 5.77. The minimum atomic E-state index is 0.539. The number of hydrogen-bond acceptors (Lipinski definition) is 5. The van der Waals surface area contributed by atoms with Crippen LogP contribution >= 0.6 is 0 Å². The molecule has 2 fully saturated rings. The Morgan fingerprint density at radius 3 is 2.52 bits per heavy atom. The lowest BCUT2D eigenvalue weighted by molar-refractivity contribution is 0.246. The summed E-state index contributed by atoms with van der Waals surface area (Å²) in [6.07, 6.45) is 6.02. The molecule has 4 rings (SSSR count). The molecular formula is C18H24N4O. The number of rotatable bonds is 6. The fraction of sp³-hybridized carbons (Fsp3) is 0.556. The summed E-state index contributed by atoms with van der Waals surface area (Å²) < 4.78 is 6.02. The largest absolute Gasteiger partial charge is 0.475 e. The lowest BCUT2D eigenvalue weighted by Crippen LogP contribution is -2.28. The first kappa shape index (κ1) is 14.7. The summed E-state index contributed by atoms with van der Waals surface area (Å²) in [6, 6.07) is 8.51. The maximum Gasteiger partial charge on any atom is 0.258 e. The number of nitrogens with zero attached hydrogens (tertiary/aromatic N) is 2. The number of piperidine rings is 1. The molecule has 2 aliphatic rings. The molecule has 1 aliphatic heterocycles. The zero-order valence-electron chi connectivity index (χ0n) is 13.4. The normalized spacial score (nSPS) is 19.0. The van der Waals surface area contributed by atoms with E-state index in [0.717, 1.165) is 48.9 Å². The number of para-hydroxylation sites is 2. The summed E-state index contributed by atoms with van der Waals surface area (Å²) in [7, 11) is 0. The van der Waals surface area contributed by atoms with Crippen molar-refractivity contribution < 1.29 is 4.74 Å². The number of nitrogens with one attached hydrogen (secondary N) is 2. The molecule has 122 valence electrons. The second kappa shape index (κ2) is 6.71. The molecule has 0 spiro atoms. The van der Waals surface area contributed by atoms with Gasteiger partial charge in [-0.3, -0.25) is 0 Å². The summed E-state index contributed by atoms with van der Waals surface area (Å²) in [6.45, 7) is 2.99. The van der Waals surface area contributed by atoms with Crippen molar-refractivity contribution in [2.45, 2.75) is 38.1 Å². The van der Waals surface area contributed by atoms with Crippen LogP contribution in [0.4, 0.5) is 5.82 Å². The number of aromatic nitrogens is 2. The Morgan fingerprint density at radius 2 is 1.78 bits per heavy atom. The van der Waals surface area contributed by atoms with Gasteiger partial charge in [-0.25, -0.2) is 9.97 Å². The van der Waals surface area contributed by atoms with Crippen LogP contribution in [0.5, 0.6) is 5.88 Å². The number of anilines is 1. The van der Waals surface area contributed by atoms with Crippen LogP contribution in [0.1, 0.15) is 32.1 Å². The molecule has 1 saturated carbocycles. The molecule has 2 N–H and O–H groups in total. The summed E-state index contributed by atoms with van der Waals surface area (Å²) in [5.74, 6) is 2.23. The van der Waals surface area contributed by atoms with E-state index < -0.39 is 0 Å². The molecular weight excluding hydrogens is 288 g/mol. The third kappa shape index (κ3) is 3.72. The van der Waals surface area contributed by atoms with Crippen molar-refractivity contribution in [1.82, 2.24) is 15.3 Å². The fourth-order valence-electron chi connectivity index (χ4n) is 3.09. The second-order valence-electron chi connectivity index (χ2n) is 6.62. The molecule has 0 atom stereocenters. The fourth-order valence-corrected chi connectivity index (χ4v) is 3.09. The van der Waals surface area contributed by atoms with E-state index >= 15 is 0 Å². The molecule has 23 heavy (non-hydrogen) atoms. The molecule has 1 aromatic heterocycles. The Morgan fingerprint density at radius 1 is 1.04 bits per heavy atom. The van der Waals surface area contributed by atoms with Gasteiger partial charge in [-0.2, -0.15) is 0 Å². The second-order valence-corrected chi connectivity index (χ2v) is 6.62. The van der Waals surface area contributed by atoms with E-state index in [1.807, 2.05) is 24.3 Å². The minimum Gasteiger partial charge on any atom is -0.475 e. The van der Waals surface area contributed by atoms with Crippen LogP contribution in [0.3, 0.4) is 0 Å². The van der Waals surface area contributed by atoms with E-state index in [2.05, 4.69) is 15.6 Å². The molecule has 1 aromatic carbocycles. The van der Waals surface area contributed by atoms with Crippen LogP contribution in [-0.4, -0.2) is 35.7 Å². The Labute approximate surface area is 136 Å². The highest BCUT2D eigenvalue weighted by Gasteiger charge is 2.24. The Bertz CT molecular complexity index is 665. The highest BCUT2D eigenvalue weighted by atomic mass is 16.5. The van der Waals surface area contributed by atoms with E-state index in [4.69, 9.17) is 9.72 Å². The average molecular weight is 312 g/mol. The first-order valence-corrected chi connectivity index (χ1v) is 8.75. The third-order valence-electron chi connectivity index (χ3n) is 4.68. The van der Waals surface area contributed by atoms with Crippen molar-refractivity contribution in [2.75, 3.05) is 25.0 Å². The predicted molar refractivity (Wildman–Crippen MR) is 91.9 cm³/mol. The molecule has 2 aromatic rings. The van der Waals surface area contributed by atoms with Crippen LogP contribution in [0.2, 0.25) is 0 Å². The van der Waals surface area contributed by atoms with Gasteiger partial charge in [0, 0.05) is 6.04 Å². The Balaban J connectivity index is 1.47. The molecule has 5 heteroatoms. The van der Waals surface area contributed by atoms with Crippen molar-refractivity contribution >= 4 is 16.9 Å². The summed E-state index contributed by atoms with van der Waals surface area (Å²) in [5.41, 5.74) is 1.81. The van der Waals surface area contributed by atoms with E-state index in [0.29, 0.717) is 11.9 Å². The molecule has 0 unspecified atom stereocenters.